The molecule has 0 bridgehead atoms. The van der Waals surface area contributed by atoms with Gasteiger partial charge in [-0.2, -0.15) is 13.2 Å². The number of carbonyl (C=O) groups excluding carboxylic acids is 1. The van der Waals surface area contributed by atoms with Crippen LogP contribution >= 0.6 is 0 Å². The van der Waals surface area contributed by atoms with Crippen molar-refractivity contribution in [2.45, 2.75) is 89.6 Å². The largest absolute Gasteiger partial charge is 0.481 e. The van der Waals surface area contributed by atoms with Crippen molar-refractivity contribution in [2.24, 2.45) is 0 Å². The van der Waals surface area contributed by atoms with E-state index in [2.05, 4.69) is 15.6 Å². The molecule has 0 aliphatic carbocycles. The van der Waals surface area contributed by atoms with Crippen LogP contribution < -0.4 is 10.6 Å². The van der Waals surface area contributed by atoms with Gasteiger partial charge in [0, 0.05) is 13.0 Å². The van der Waals surface area contributed by atoms with Crippen molar-refractivity contribution in [3.05, 3.63) is 24.0 Å². The first-order valence-corrected chi connectivity index (χ1v) is 11.1. The predicted molar refractivity (Wildman–Crippen MR) is 114 cm³/mol. The fourth-order valence-electron chi connectivity index (χ4n) is 3.18. The molecule has 0 spiro atoms. The summed E-state index contributed by atoms with van der Waals surface area (Å²) in [5, 5.41) is 13.7. The van der Waals surface area contributed by atoms with Crippen molar-refractivity contribution >= 4 is 17.7 Å². The summed E-state index contributed by atoms with van der Waals surface area (Å²) in [5.74, 6) is -0.713. The Morgan fingerprint density at radius 2 is 1.35 bits per heavy atom. The highest BCUT2D eigenvalue weighted by Crippen LogP contribution is 2.27. The molecule has 176 valence electrons. The van der Waals surface area contributed by atoms with E-state index in [0.29, 0.717) is 6.54 Å². The molecule has 1 aromatic heterocycles. The van der Waals surface area contributed by atoms with Gasteiger partial charge in [-0.15, -0.1) is 0 Å². The maximum absolute atomic E-state index is 12.4. The second-order valence-corrected chi connectivity index (χ2v) is 7.70. The molecule has 0 radical (unpaired) electrons. The third-order valence-electron chi connectivity index (χ3n) is 4.91. The average molecular weight is 446 g/mol. The Balaban J connectivity index is 1.90. The van der Waals surface area contributed by atoms with Crippen LogP contribution in [0.2, 0.25) is 0 Å². The van der Waals surface area contributed by atoms with Crippen LogP contribution in [0.5, 0.6) is 0 Å². The number of carboxylic acid groups (broad SMARTS) is 1. The number of nitrogens with zero attached hydrogens (tertiary/aromatic N) is 1. The summed E-state index contributed by atoms with van der Waals surface area (Å²) >= 11 is 0. The monoisotopic (exact) mass is 445 g/mol. The van der Waals surface area contributed by atoms with Gasteiger partial charge < -0.3 is 15.7 Å². The molecule has 0 atom stereocenters. The molecule has 1 rings (SSSR count). The first kappa shape index (κ1) is 26.7. The van der Waals surface area contributed by atoms with Gasteiger partial charge in [0.2, 0.25) is 0 Å². The van der Waals surface area contributed by atoms with Crippen LogP contribution in [0.4, 0.5) is 23.7 Å². The second kappa shape index (κ2) is 15.5. The Hall–Kier alpha value is -2.32. The second-order valence-electron chi connectivity index (χ2n) is 7.70. The van der Waals surface area contributed by atoms with E-state index in [-0.39, 0.29) is 12.1 Å². The molecular formula is C22H34F3N3O3. The number of carboxylic acids is 1. The zero-order chi connectivity index (χ0) is 23.0. The molecule has 31 heavy (non-hydrogen) atoms. The summed E-state index contributed by atoms with van der Waals surface area (Å²) in [6.07, 6.45) is 9.84. The summed E-state index contributed by atoms with van der Waals surface area (Å²) in [5.41, 5.74) is -0.780. The molecule has 1 aromatic rings. The Morgan fingerprint density at radius 1 is 0.839 bits per heavy atom. The summed E-state index contributed by atoms with van der Waals surface area (Å²) < 4.78 is 37.3. The minimum Gasteiger partial charge on any atom is -0.481 e. The molecule has 0 aromatic carbocycles. The normalized spacial score (nSPS) is 11.3. The zero-order valence-corrected chi connectivity index (χ0v) is 18.0. The van der Waals surface area contributed by atoms with E-state index in [1.165, 1.54) is 44.6 Å². The Labute approximate surface area is 182 Å². The molecule has 0 saturated heterocycles. The van der Waals surface area contributed by atoms with Crippen molar-refractivity contribution in [3.63, 3.8) is 0 Å². The number of hydrogen-bond acceptors (Lipinski definition) is 3. The van der Waals surface area contributed by atoms with Crippen molar-refractivity contribution in [3.8, 4) is 0 Å². The first-order chi connectivity index (χ1) is 14.8. The van der Waals surface area contributed by atoms with E-state index >= 15 is 0 Å². The van der Waals surface area contributed by atoms with Gasteiger partial charge in [0.1, 0.15) is 5.69 Å². The fourth-order valence-corrected chi connectivity index (χ4v) is 3.18. The van der Waals surface area contributed by atoms with Crippen LogP contribution in [0.3, 0.4) is 0 Å². The number of rotatable bonds is 16. The quantitative estimate of drug-likeness (QED) is 0.258. The Kier molecular flexibility index (Phi) is 13.3. The van der Waals surface area contributed by atoms with E-state index in [0.717, 1.165) is 50.8 Å². The minimum atomic E-state index is -4.49. The highest BCUT2D eigenvalue weighted by molar-refractivity contribution is 5.88. The molecule has 3 N–H and O–H groups in total. The number of amides is 2. The van der Waals surface area contributed by atoms with Crippen molar-refractivity contribution < 1.29 is 27.9 Å². The number of alkyl halides is 3. The Bertz CT molecular complexity index is 637. The molecule has 1 heterocycles. The number of pyridine rings is 1. The molecule has 0 saturated carbocycles. The lowest BCUT2D eigenvalue weighted by atomic mass is 10.0. The number of halogens is 3. The summed E-state index contributed by atoms with van der Waals surface area (Å²) in [6.45, 7) is 0.516. The minimum absolute atomic E-state index is 0.214. The number of carbonyl (C=O) groups is 2. The number of unbranched alkanes of at least 4 members (excludes halogenated alkanes) is 11. The first-order valence-electron chi connectivity index (χ1n) is 11.1. The number of hydrogen-bond donors (Lipinski definition) is 3. The fraction of sp³-hybridized carbons (Fsp3) is 0.682. The van der Waals surface area contributed by atoms with Gasteiger partial charge in [0.05, 0.1) is 11.9 Å². The highest BCUT2D eigenvalue weighted by atomic mass is 19.4. The maximum atomic E-state index is 12.4. The number of urea groups is 1. The summed E-state index contributed by atoms with van der Waals surface area (Å²) in [7, 11) is 0. The van der Waals surface area contributed by atoms with Gasteiger partial charge in [-0.05, 0) is 25.0 Å². The molecule has 0 fully saturated rings. The third-order valence-corrected chi connectivity index (χ3v) is 4.91. The standard InChI is InChI=1S/C22H34F3N3O3/c23-22(24,25)19-15-14-18(17-27-19)28-21(31)26-16-12-10-8-6-4-2-1-3-5-7-9-11-13-20(29)30/h14-15,17H,1-13,16H2,(H,29,30)(H2,26,28,31). The molecule has 9 heteroatoms. The molecule has 6 nitrogen and oxygen atoms in total. The van der Waals surface area contributed by atoms with Crippen LogP contribution in [-0.4, -0.2) is 28.6 Å². The average Bonchev–Trinajstić information content (AvgIpc) is 2.70. The smallest absolute Gasteiger partial charge is 0.433 e. The van der Waals surface area contributed by atoms with Gasteiger partial charge in [0.25, 0.3) is 0 Å². The predicted octanol–water partition coefficient (Wildman–Crippen LogP) is 6.38. The van der Waals surface area contributed by atoms with E-state index < -0.39 is 23.9 Å². The van der Waals surface area contributed by atoms with Crippen LogP contribution in [0.15, 0.2) is 18.3 Å². The summed E-state index contributed by atoms with van der Waals surface area (Å²) in [6, 6.07) is 1.55. The molecular weight excluding hydrogens is 411 g/mol. The highest BCUT2D eigenvalue weighted by Gasteiger charge is 2.32. The number of aliphatic carboxylic acids is 1. The van der Waals surface area contributed by atoms with E-state index in [4.69, 9.17) is 5.11 Å². The van der Waals surface area contributed by atoms with E-state index in [1.54, 1.807) is 0 Å². The lowest BCUT2D eigenvalue weighted by molar-refractivity contribution is -0.141. The van der Waals surface area contributed by atoms with Crippen LogP contribution in [0.25, 0.3) is 0 Å². The molecule has 0 aliphatic heterocycles. The summed E-state index contributed by atoms with van der Waals surface area (Å²) in [4.78, 5) is 25.4. The molecule has 0 aliphatic rings. The zero-order valence-electron chi connectivity index (χ0n) is 18.0. The number of anilines is 1. The Morgan fingerprint density at radius 3 is 1.81 bits per heavy atom. The number of aromatic nitrogens is 1. The van der Waals surface area contributed by atoms with Gasteiger partial charge in [-0.1, -0.05) is 64.2 Å². The SMILES string of the molecule is O=C(O)CCCCCCCCCCCCCCNC(=O)Nc1ccc(C(F)(F)F)nc1. The third kappa shape index (κ3) is 14.3. The van der Waals surface area contributed by atoms with Crippen LogP contribution in [0.1, 0.15) is 89.2 Å². The van der Waals surface area contributed by atoms with Crippen molar-refractivity contribution in [2.75, 3.05) is 11.9 Å². The van der Waals surface area contributed by atoms with E-state index in [9.17, 15) is 22.8 Å². The van der Waals surface area contributed by atoms with Gasteiger partial charge in [-0.25, -0.2) is 9.78 Å². The molecule has 0 unspecified atom stereocenters. The van der Waals surface area contributed by atoms with Crippen molar-refractivity contribution in [1.82, 2.24) is 10.3 Å². The van der Waals surface area contributed by atoms with Gasteiger partial charge in [0.15, 0.2) is 0 Å². The lowest BCUT2D eigenvalue weighted by Gasteiger charge is -2.09. The van der Waals surface area contributed by atoms with Gasteiger partial charge >= 0.3 is 18.2 Å². The van der Waals surface area contributed by atoms with Gasteiger partial charge in [-0.3, -0.25) is 4.79 Å². The van der Waals surface area contributed by atoms with Crippen LogP contribution in [-0.2, 0) is 11.0 Å². The number of nitrogens with one attached hydrogen (secondary N) is 2. The topological polar surface area (TPSA) is 91.3 Å². The molecule has 2 amide bonds. The maximum Gasteiger partial charge on any atom is 0.433 e. The lowest BCUT2D eigenvalue weighted by Crippen LogP contribution is -2.29. The van der Waals surface area contributed by atoms with E-state index in [1.807, 2.05) is 0 Å². The van der Waals surface area contributed by atoms with Crippen LogP contribution in [0, 0.1) is 0 Å². The van der Waals surface area contributed by atoms with Crippen molar-refractivity contribution in [1.29, 1.82) is 0 Å².